The van der Waals surface area contributed by atoms with Gasteiger partial charge in [-0.15, -0.1) is 11.3 Å². The molecule has 0 saturated heterocycles. The second kappa shape index (κ2) is 9.75. The molecule has 32 heavy (non-hydrogen) atoms. The van der Waals surface area contributed by atoms with Crippen molar-refractivity contribution < 1.29 is 9.59 Å². The average molecular weight is 506 g/mol. The molecule has 162 valence electrons. The first-order valence-electron chi connectivity index (χ1n) is 9.31. The normalized spacial score (nSPS) is 10.7. The van der Waals surface area contributed by atoms with E-state index in [1.54, 1.807) is 55.0 Å². The van der Waals surface area contributed by atoms with Crippen LogP contribution in [0.2, 0.25) is 15.1 Å². The van der Waals surface area contributed by atoms with E-state index in [4.69, 9.17) is 34.8 Å². The second-order valence-corrected chi connectivity index (χ2v) is 9.15. The minimum absolute atomic E-state index is 0.215. The molecule has 4 rings (SSSR count). The van der Waals surface area contributed by atoms with E-state index in [2.05, 4.69) is 15.6 Å². The molecule has 0 saturated carbocycles. The van der Waals surface area contributed by atoms with Crippen molar-refractivity contribution in [2.24, 2.45) is 0 Å². The summed E-state index contributed by atoms with van der Waals surface area (Å²) in [6, 6.07) is 13.1. The molecule has 2 N–H and O–H groups in total. The first kappa shape index (κ1) is 22.4. The molecule has 0 fully saturated rings. The van der Waals surface area contributed by atoms with Crippen LogP contribution < -0.4 is 10.6 Å². The summed E-state index contributed by atoms with van der Waals surface area (Å²) in [5.74, 6) is -0.844. The standard InChI is InChI=1S/C22H15Cl3N4O2S/c23-13-1-4-15(5-2-13)27-21(30)17-9-14(24)3-6-19(17)28-22(31)20-18(25)10-16(32-20)11-29-8-7-26-12-29/h1-10,12H,11H2,(H,27,30)(H,28,31). The molecule has 2 aromatic carbocycles. The number of amides is 2. The third kappa shape index (κ3) is 5.31. The molecule has 0 radical (unpaired) electrons. The maximum absolute atomic E-state index is 12.9. The Kier molecular flexibility index (Phi) is 6.81. The number of hydrogen-bond acceptors (Lipinski definition) is 4. The van der Waals surface area contributed by atoms with Crippen LogP contribution in [0.5, 0.6) is 0 Å². The van der Waals surface area contributed by atoms with E-state index in [-0.39, 0.29) is 5.56 Å². The summed E-state index contributed by atoms with van der Waals surface area (Å²) in [6.07, 6.45) is 5.19. The highest BCUT2D eigenvalue weighted by atomic mass is 35.5. The zero-order chi connectivity index (χ0) is 22.7. The molecule has 0 spiro atoms. The summed E-state index contributed by atoms with van der Waals surface area (Å²) in [4.78, 5) is 31.0. The van der Waals surface area contributed by atoms with Gasteiger partial charge >= 0.3 is 0 Å². The van der Waals surface area contributed by atoms with Crippen molar-refractivity contribution >= 4 is 69.3 Å². The number of carbonyl (C=O) groups excluding carboxylic acids is 2. The second-order valence-electron chi connectivity index (χ2n) is 6.73. The van der Waals surface area contributed by atoms with Gasteiger partial charge in [-0.3, -0.25) is 9.59 Å². The Morgan fingerprint density at radius 3 is 2.41 bits per heavy atom. The lowest BCUT2D eigenvalue weighted by Gasteiger charge is -2.12. The minimum Gasteiger partial charge on any atom is -0.332 e. The molecule has 0 atom stereocenters. The number of hydrogen-bond donors (Lipinski definition) is 2. The largest absolute Gasteiger partial charge is 0.332 e. The molecular weight excluding hydrogens is 491 g/mol. The van der Waals surface area contributed by atoms with Crippen molar-refractivity contribution in [3.63, 3.8) is 0 Å². The van der Waals surface area contributed by atoms with E-state index < -0.39 is 11.8 Å². The van der Waals surface area contributed by atoms with Crippen LogP contribution >= 0.6 is 46.1 Å². The zero-order valence-electron chi connectivity index (χ0n) is 16.3. The third-order valence-corrected chi connectivity index (χ3v) is 6.43. The molecule has 2 aromatic heterocycles. The summed E-state index contributed by atoms with van der Waals surface area (Å²) in [6.45, 7) is 0.549. The van der Waals surface area contributed by atoms with Gasteiger partial charge in [0.2, 0.25) is 0 Å². The average Bonchev–Trinajstić information content (AvgIpc) is 3.40. The molecule has 4 aromatic rings. The molecule has 0 aliphatic carbocycles. The predicted molar refractivity (Wildman–Crippen MR) is 129 cm³/mol. The fourth-order valence-corrected chi connectivity index (χ4v) is 4.58. The lowest BCUT2D eigenvalue weighted by Crippen LogP contribution is -2.18. The van der Waals surface area contributed by atoms with E-state index in [0.29, 0.717) is 37.9 Å². The van der Waals surface area contributed by atoms with Crippen LogP contribution in [0.3, 0.4) is 0 Å². The Morgan fingerprint density at radius 1 is 0.938 bits per heavy atom. The number of benzene rings is 2. The van der Waals surface area contributed by atoms with Gasteiger partial charge in [0.25, 0.3) is 11.8 Å². The first-order chi connectivity index (χ1) is 15.4. The van der Waals surface area contributed by atoms with Crippen molar-refractivity contribution in [2.45, 2.75) is 6.54 Å². The van der Waals surface area contributed by atoms with E-state index in [1.807, 2.05) is 10.8 Å². The van der Waals surface area contributed by atoms with Crippen LogP contribution in [0.4, 0.5) is 11.4 Å². The molecule has 2 amide bonds. The summed E-state index contributed by atoms with van der Waals surface area (Å²) >= 11 is 19.6. The van der Waals surface area contributed by atoms with E-state index >= 15 is 0 Å². The number of halogens is 3. The lowest BCUT2D eigenvalue weighted by atomic mass is 10.1. The molecular formula is C22H15Cl3N4O2S. The highest BCUT2D eigenvalue weighted by molar-refractivity contribution is 7.14. The van der Waals surface area contributed by atoms with Gasteiger partial charge in [0.15, 0.2) is 0 Å². The number of rotatable bonds is 6. The van der Waals surface area contributed by atoms with Crippen LogP contribution in [-0.2, 0) is 6.54 Å². The Hall–Kier alpha value is -2.84. The number of imidazole rings is 1. The monoisotopic (exact) mass is 504 g/mol. The van der Waals surface area contributed by atoms with Crippen LogP contribution in [0.1, 0.15) is 24.9 Å². The Morgan fingerprint density at radius 2 is 1.69 bits per heavy atom. The number of thiophene rings is 1. The fourth-order valence-electron chi connectivity index (χ4n) is 2.93. The molecule has 0 aliphatic heterocycles. The molecule has 0 bridgehead atoms. The summed E-state index contributed by atoms with van der Waals surface area (Å²) < 4.78 is 1.88. The fraction of sp³-hybridized carbons (Fsp3) is 0.0455. The number of anilines is 2. The smallest absolute Gasteiger partial charge is 0.267 e. The number of aromatic nitrogens is 2. The van der Waals surface area contributed by atoms with Crippen LogP contribution in [-0.4, -0.2) is 21.4 Å². The highest BCUT2D eigenvalue weighted by Crippen LogP contribution is 2.30. The lowest BCUT2D eigenvalue weighted by molar-refractivity contribution is 0.102. The number of nitrogens with one attached hydrogen (secondary N) is 2. The SMILES string of the molecule is O=C(Nc1ccc(Cl)cc1)c1cc(Cl)ccc1NC(=O)c1sc(Cn2ccnc2)cc1Cl. The molecule has 10 heteroatoms. The van der Waals surface area contributed by atoms with Gasteiger partial charge in [-0.2, -0.15) is 0 Å². The summed E-state index contributed by atoms with van der Waals surface area (Å²) in [5.41, 5.74) is 1.08. The van der Waals surface area contributed by atoms with Crippen molar-refractivity contribution in [2.75, 3.05) is 10.6 Å². The maximum Gasteiger partial charge on any atom is 0.267 e. The molecule has 2 heterocycles. The van der Waals surface area contributed by atoms with Gasteiger partial charge in [-0.25, -0.2) is 4.98 Å². The summed E-state index contributed by atoms with van der Waals surface area (Å²) in [7, 11) is 0. The van der Waals surface area contributed by atoms with Gasteiger partial charge in [0.1, 0.15) is 4.88 Å². The van der Waals surface area contributed by atoms with Crippen LogP contribution in [0.15, 0.2) is 67.3 Å². The Bertz CT molecular complexity index is 1270. The van der Waals surface area contributed by atoms with Gasteiger partial charge in [-0.05, 0) is 48.5 Å². The van der Waals surface area contributed by atoms with Crippen molar-refractivity contribution in [1.29, 1.82) is 0 Å². The third-order valence-electron chi connectivity index (χ3n) is 4.42. The molecule has 6 nitrogen and oxygen atoms in total. The van der Waals surface area contributed by atoms with Crippen LogP contribution in [0.25, 0.3) is 0 Å². The zero-order valence-corrected chi connectivity index (χ0v) is 19.4. The quantitative estimate of drug-likeness (QED) is 0.316. The topological polar surface area (TPSA) is 76.0 Å². The maximum atomic E-state index is 12.9. The van der Waals surface area contributed by atoms with Gasteiger partial charge in [-0.1, -0.05) is 34.8 Å². The van der Waals surface area contributed by atoms with Gasteiger partial charge in [0, 0.05) is 33.0 Å². The van der Waals surface area contributed by atoms with Gasteiger partial charge in [0.05, 0.1) is 29.1 Å². The number of nitrogens with zero attached hydrogens (tertiary/aromatic N) is 2. The Labute approximate surface area is 202 Å². The van der Waals surface area contributed by atoms with Gasteiger partial charge < -0.3 is 15.2 Å². The Balaban J connectivity index is 1.54. The van der Waals surface area contributed by atoms with Crippen molar-refractivity contribution in [3.05, 3.63) is 97.6 Å². The van der Waals surface area contributed by atoms with Crippen molar-refractivity contribution in [3.8, 4) is 0 Å². The first-order valence-corrected chi connectivity index (χ1v) is 11.3. The van der Waals surface area contributed by atoms with E-state index in [9.17, 15) is 9.59 Å². The van der Waals surface area contributed by atoms with E-state index in [1.165, 1.54) is 17.4 Å². The predicted octanol–water partition coefficient (Wildman–Crippen LogP) is 6.46. The minimum atomic E-state index is -0.428. The molecule has 0 aliphatic rings. The highest BCUT2D eigenvalue weighted by Gasteiger charge is 2.19. The number of carbonyl (C=O) groups is 2. The van der Waals surface area contributed by atoms with Crippen molar-refractivity contribution in [1.82, 2.24) is 9.55 Å². The van der Waals surface area contributed by atoms with E-state index in [0.717, 1.165) is 4.88 Å². The van der Waals surface area contributed by atoms with Crippen LogP contribution in [0, 0.1) is 0 Å². The molecule has 0 unspecified atom stereocenters. The summed E-state index contributed by atoms with van der Waals surface area (Å²) in [5, 5.41) is 6.79.